The topological polar surface area (TPSA) is 55.4 Å². The summed E-state index contributed by atoms with van der Waals surface area (Å²) in [7, 11) is 0. The number of thioether (sulfide) groups is 1. The molecular weight excluding hydrogens is 365 g/mol. The first-order chi connectivity index (χ1) is 12.8. The van der Waals surface area contributed by atoms with E-state index in [2.05, 4.69) is 5.32 Å². The molecule has 0 aromatic heterocycles. The predicted octanol–water partition coefficient (Wildman–Crippen LogP) is 4.92. The first-order valence-electron chi connectivity index (χ1n) is 8.76. The summed E-state index contributed by atoms with van der Waals surface area (Å²) in [6, 6.07) is 12.0. The smallest absolute Gasteiger partial charge is 0.317 e. The molecule has 2 aromatic rings. The van der Waals surface area contributed by atoms with Crippen molar-refractivity contribution in [1.82, 2.24) is 0 Å². The fraction of sp³-hybridized carbons (Fsp3) is 0.333. The lowest BCUT2D eigenvalue weighted by Gasteiger charge is -2.19. The van der Waals surface area contributed by atoms with Crippen molar-refractivity contribution in [2.75, 3.05) is 11.1 Å². The van der Waals surface area contributed by atoms with E-state index >= 15 is 0 Å². The third kappa shape index (κ3) is 5.82. The minimum atomic E-state index is -0.946. The first-order valence-corrected chi connectivity index (χ1v) is 9.75. The number of carbonyl (C=O) groups is 2. The molecule has 1 atom stereocenters. The number of rotatable bonds is 7. The van der Waals surface area contributed by atoms with E-state index in [1.54, 1.807) is 18.2 Å². The normalized spacial score (nSPS) is 11.9. The van der Waals surface area contributed by atoms with E-state index in [4.69, 9.17) is 4.74 Å². The van der Waals surface area contributed by atoms with E-state index in [0.717, 1.165) is 28.6 Å². The zero-order chi connectivity index (χ0) is 20.0. The number of ether oxygens (including phenoxy) is 1. The van der Waals surface area contributed by atoms with Gasteiger partial charge in [0, 0.05) is 10.6 Å². The number of benzene rings is 2. The van der Waals surface area contributed by atoms with E-state index < -0.39 is 18.0 Å². The lowest BCUT2D eigenvalue weighted by Crippen LogP contribution is -2.31. The molecule has 0 unspecified atom stereocenters. The lowest BCUT2D eigenvalue weighted by atomic mass is 9.98. The van der Waals surface area contributed by atoms with E-state index in [-0.39, 0.29) is 17.5 Å². The molecule has 0 aliphatic carbocycles. The van der Waals surface area contributed by atoms with Crippen LogP contribution in [0.3, 0.4) is 0 Å². The quantitative estimate of drug-likeness (QED) is 0.539. The highest BCUT2D eigenvalue weighted by molar-refractivity contribution is 8.00. The molecule has 0 aliphatic heterocycles. The molecule has 27 heavy (non-hydrogen) atoms. The largest absolute Gasteiger partial charge is 0.452 e. The van der Waals surface area contributed by atoms with Crippen molar-refractivity contribution in [2.45, 2.75) is 44.6 Å². The molecule has 1 amide bonds. The van der Waals surface area contributed by atoms with Crippen LogP contribution in [0.15, 0.2) is 47.4 Å². The molecule has 0 spiro atoms. The van der Waals surface area contributed by atoms with E-state index in [1.807, 2.05) is 39.0 Å². The molecule has 0 radical (unpaired) electrons. The van der Waals surface area contributed by atoms with Gasteiger partial charge in [0.25, 0.3) is 5.91 Å². The van der Waals surface area contributed by atoms with Crippen LogP contribution in [-0.4, -0.2) is 23.7 Å². The van der Waals surface area contributed by atoms with Gasteiger partial charge in [-0.05, 0) is 43.0 Å². The fourth-order valence-electron chi connectivity index (χ4n) is 2.55. The van der Waals surface area contributed by atoms with Gasteiger partial charge in [-0.1, -0.05) is 44.2 Å². The van der Waals surface area contributed by atoms with Crippen molar-refractivity contribution in [2.24, 2.45) is 0 Å². The summed E-state index contributed by atoms with van der Waals surface area (Å²) in [5.74, 6) is -1.17. The second-order valence-electron chi connectivity index (χ2n) is 6.53. The number of amides is 1. The van der Waals surface area contributed by atoms with Gasteiger partial charge in [0.05, 0.1) is 5.75 Å². The summed E-state index contributed by atoms with van der Waals surface area (Å²) in [5.41, 5.74) is 2.72. The van der Waals surface area contributed by atoms with Crippen molar-refractivity contribution in [3.8, 4) is 0 Å². The van der Waals surface area contributed by atoms with Crippen LogP contribution in [0, 0.1) is 12.7 Å². The summed E-state index contributed by atoms with van der Waals surface area (Å²) in [5, 5.41) is 2.87. The lowest BCUT2D eigenvalue weighted by molar-refractivity contribution is -0.150. The van der Waals surface area contributed by atoms with Crippen molar-refractivity contribution >= 4 is 29.3 Å². The summed E-state index contributed by atoms with van der Waals surface area (Å²) in [4.78, 5) is 24.8. The zero-order valence-electron chi connectivity index (χ0n) is 15.9. The summed E-state index contributed by atoms with van der Waals surface area (Å²) in [6.45, 7) is 7.54. The number of hydrogen-bond acceptors (Lipinski definition) is 4. The van der Waals surface area contributed by atoms with Gasteiger partial charge in [-0.15, -0.1) is 11.8 Å². The Kier molecular flexibility index (Phi) is 7.42. The molecule has 0 saturated carbocycles. The van der Waals surface area contributed by atoms with Crippen LogP contribution in [-0.2, 0) is 14.3 Å². The number of hydrogen-bond donors (Lipinski definition) is 1. The third-order valence-electron chi connectivity index (χ3n) is 4.03. The maximum atomic E-state index is 13.6. The van der Waals surface area contributed by atoms with Gasteiger partial charge in [0.1, 0.15) is 5.82 Å². The van der Waals surface area contributed by atoms with Gasteiger partial charge in [0.15, 0.2) is 6.10 Å². The average Bonchev–Trinajstić information content (AvgIpc) is 2.62. The number of carbonyl (C=O) groups excluding carboxylic acids is 2. The highest BCUT2D eigenvalue weighted by Crippen LogP contribution is 2.27. The van der Waals surface area contributed by atoms with Crippen molar-refractivity contribution in [3.05, 3.63) is 59.4 Å². The first kappa shape index (κ1) is 21.0. The Hall–Kier alpha value is -2.34. The van der Waals surface area contributed by atoms with Crippen LogP contribution < -0.4 is 5.32 Å². The van der Waals surface area contributed by atoms with Crippen LogP contribution in [0.1, 0.15) is 37.8 Å². The molecular formula is C21H24FNO3S. The van der Waals surface area contributed by atoms with Gasteiger partial charge in [-0.2, -0.15) is 0 Å². The number of para-hydroxylation sites is 1. The second-order valence-corrected chi connectivity index (χ2v) is 7.55. The van der Waals surface area contributed by atoms with Gasteiger partial charge in [-0.3, -0.25) is 9.59 Å². The Morgan fingerprint density at radius 3 is 2.48 bits per heavy atom. The molecule has 0 fully saturated rings. The number of nitrogens with one attached hydrogen (secondary N) is 1. The average molecular weight is 389 g/mol. The standard InChI is InChI=1S/C21H24FNO3S/c1-13(2)16-9-7-8-14(3)20(16)23-21(25)15(4)26-19(24)12-27-18-11-6-5-10-17(18)22/h5-11,13,15H,12H2,1-4H3,(H,23,25)/t15-/m0/s1. The van der Waals surface area contributed by atoms with Crippen LogP contribution in [0.25, 0.3) is 0 Å². The van der Waals surface area contributed by atoms with Crippen LogP contribution >= 0.6 is 11.8 Å². The number of esters is 1. The molecule has 6 heteroatoms. The summed E-state index contributed by atoms with van der Waals surface area (Å²) in [6.07, 6.45) is -0.946. The molecule has 2 aromatic carbocycles. The Morgan fingerprint density at radius 1 is 1.11 bits per heavy atom. The monoisotopic (exact) mass is 389 g/mol. The van der Waals surface area contributed by atoms with Crippen molar-refractivity contribution in [1.29, 1.82) is 0 Å². The highest BCUT2D eigenvalue weighted by Gasteiger charge is 2.20. The molecule has 4 nitrogen and oxygen atoms in total. The molecule has 0 saturated heterocycles. The number of halogens is 1. The second kappa shape index (κ2) is 9.55. The Balaban J connectivity index is 1.94. The maximum absolute atomic E-state index is 13.6. The van der Waals surface area contributed by atoms with E-state index in [1.165, 1.54) is 13.0 Å². The molecule has 0 aliphatic rings. The zero-order valence-corrected chi connectivity index (χ0v) is 16.7. The van der Waals surface area contributed by atoms with Crippen molar-refractivity contribution in [3.63, 3.8) is 0 Å². The molecule has 1 N–H and O–H groups in total. The van der Waals surface area contributed by atoms with Crippen LogP contribution in [0.5, 0.6) is 0 Å². The van der Waals surface area contributed by atoms with Gasteiger partial charge >= 0.3 is 5.97 Å². The molecule has 0 bridgehead atoms. The molecule has 0 heterocycles. The van der Waals surface area contributed by atoms with Gasteiger partial charge in [0.2, 0.25) is 0 Å². The maximum Gasteiger partial charge on any atom is 0.317 e. The Morgan fingerprint density at radius 2 is 1.81 bits per heavy atom. The summed E-state index contributed by atoms with van der Waals surface area (Å²) < 4.78 is 18.8. The number of aryl methyl sites for hydroxylation is 1. The van der Waals surface area contributed by atoms with E-state index in [9.17, 15) is 14.0 Å². The van der Waals surface area contributed by atoms with Crippen LogP contribution in [0.2, 0.25) is 0 Å². The fourth-order valence-corrected chi connectivity index (χ4v) is 3.27. The minimum Gasteiger partial charge on any atom is -0.452 e. The third-order valence-corrected chi connectivity index (χ3v) is 5.06. The van der Waals surface area contributed by atoms with E-state index in [0.29, 0.717) is 4.90 Å². The molecule has 144 valence electrons. The van der Waals surface area contributed by atoms with Gasteiger partial charge < -0.3 is 10.1 Å². The Bertz CT molecular complexity index is 823. The van der Waals surface area contributed by atoms with Gasteiger partial charge in [-0.25, -0.2) is 4.39 Å². The Labute approximate surface area is 163 Å². The SMILES string of the molecule is Cc1cccc(C(C)C)c1NC(=O)[C@H](C)OC(=O)CSc1ccccc1F. The van der Waals surface area contributed by atoms with Crippen molar-refractivity contribution < 1.29 is 18.7 Å². The summed E-state index contributed by atoms with van der Waals surface area (Å²) >= 11 is 1.04. The molecule has 2 rings (SSSR count). The number of anilines is 1. The predicted molar refractivity (Wildman–Crippen MR) is 107 cm³/mol. The highest BCUT2D eigenvalue weighted by atomic mass is 32.2. The van der Waals surface area contributed by atoms with Crippen LogP contribution in [0.4, 0.5) is 10.1 Å². The minimum absolute atomic E-state index is 0.0693.